The molecule has 44 heavy (non-hydrogen) atoms. The third kappa shape index (κ3) is 5.44. The van der Waals surface area contributed by atoms with Crippen molar-refractivity contribution < 1.29 is 41.7 Å². The highest BCUT2D eigenvalue weighted by molar-refractivity contribution is 8.07. The van der Waals surface area contributed by atoms with Crippen LogP contribution in [0.25, 0.3) is 22.3 Å². The number of aromatic amines is 1. The molecule has 4 aromatic rings. The predicted octanol–water partition coefficient (Wildman–Crippen LogP) is -0.102. The molecule has 0 aliphatic carbocycles. The molecule has 19 nitrogen and oxygen atoms in total. The number of nitrogens with two attached hydrogens (primary N) is 2. The topological polar surface area (TPSA) is 255 Å². The van der Waals surface area contributed by atoms with Gasteiger partial charge in [-0.15, -0.1) is 0 Å². The first-order valence-corrected chi connectivity index (χ1v) is 18.0. The van der Waals surface area contributed by atoms with Gasteiger partial charge in [-0.3, -0.25) is 23.4 Å². The first-order valence-electron chi connectivity index (χ1n) is 12.8. The van der Waals surface area contributed by atoms with E-state index in [0.717, 1.165) is 0 Å². The molecule has 9 atom stereocenters. The van der Waals surface area contributed by atoms with Crippen LogP contribution in [-0.2, 0) is 51.2 Å². The van der Waals surface area contributed by atoms with Crippen LogP contribution in [0.3, 0.4) is 0 Å². The lowest BCUT2D eigenvalue weighted by Gasteiger charge is -2.27. The van der Waals surface area contributed by atoms with Crippen molar-refractivity contribution in [2.24, 2.45) is 0 Å². The van der Waals surface area contributed by atoms with E-state index in [1.807, 2.05) is 0 Å². The molecule has 3 aliphatic rings. The van der Waals surface area contributed by atoms with Crippen molar-refractivity contribution in [1.29, 1.82) is 0 Å². The van der Waals surface area contributed by atoms with Gasteiger partial charge in [0.2, 0.25) is 5.95 Å². The van der Waals surface area contributed by atoms with E-state index >= 15 is 4.39 Å². The maximum Gasteiger partial charge on any atom is 0.325 e. The second-order valence-corrected chi connectivity index (χ2v) is 15.6. The molecule has 4 aromatic heterocycles. The number of imidazole rings is 2. The summed E-state index contributed by atoms with van der Waals surface area (Å²) in [5, 5.41) is 0. The average Bonchev–Trinajstić information content (AvgIpc) is 3.72. The Hall–Kier alpha value is -2.59. The van der Waals surface area contributed by atoms with Gasteiger partial charge in [0.25, 0.3) is 5.56 Å². The fraction of sp³-hybridized carbons (Fsp3) is 0.500. The summed E-state index contributed by atoms with van der Waals surface area (Å²) >= 11 is 10.5. The Bertz CT molecular complexity index is 1910. The van der Waals surface area contributed by atoms with E-state index in [0.29, 0.717) is 11.2 Å². The summed E-state index contributed by atoms with van der Waals surface area (Å²) in [5.74, 6) is -0.0568. The zero-order valence-corrected chi connectivity index (χ0v) is 25.4. The summed E-state index contributed by atoms with van der Waals surface area (Å²) in [5.41, 5.74) is 11.5. The Balaban J connectivity index is 1.19. The van der Waals surface area contributed by atoms with Crippen LogP contribution < -0.4 is 17.0 Å². The number of H-pyrrole nitrogens is 1. The van der Waals surface area contributed by atoms with Crippen LogP contribution in [0, 0.1) is 0 Å². The fourth-order valence-corrected chi connectivity index (χ4v) is 8.11. The summed E-state index contributed by atoms with van der Waals surface area (Å²) in [6.45, 7) is -9.23. The number of alkyl halides is 1. The lowest BCUT2D eigenvalue weighted by atomic mass is 10.1. The Kier molecular flexibility index (Phi) is 7.55. The monoisotopic (exact) mass is 692 g/mol. The molecule has 2 bridgehead atoms. The number of rotatable bonds is 2. The molecule has 0 saturated carbocycles. The van der Waals surface area contributed by atoms with Crippen LogP contribution in [0.5, 0.6) is 0 Å². The second-order valence-electron chi connectivity index (χ2n) is 9.98. The highest BCUT2D eigenvalue weighted by Crippen LogP contribution is 2.54. The standard InChI is InChI=1S/C20H23FN10O9P2S2/c21-11-9-3-36-41(33,43)39-7-1-10(30-5-26-12-15(22)24-4-25-16(12)30)37-8(7)2-35-42(34,44)40-14(11)19(38-9)31-6-27-13-17(31)28-20(23)29-18(13)32/h4-11,14,19H,1-3H2,(H,33,43)(H,34,44)(H2,22,24,25)(H3,23,28,29,32)/t7-,8?,9+,10+,11+,14+,19+,41?,42?/m0/s1. The number of nitrogen functional groups attached to an aromatic ring is 2. The van der Waals surface area contributed by atoms with Crippen molar-refractivity contribution in [2.75, 3.05) is 24.7 Å². The lowest BCUT2D eigenvalue weighted by Crippen LogP contribution is -2.32. The molecule has 3 saturated heterocycles. The number of aromatic nitrogens is 8. The van der Waals surface area contributed by atoms with E-state index in [9.17, 15) is 14.6 Å². The molecule has 0 aromatic carbocycles. The molecule has 0 spiro atoms. The molecule has 7 rings (SSSR count). The van der Waals surface area contributed by atoms with E-state index < -0.39 is 75.3 Å². The molecule has 7 heterocycles. The highest BCUT2D eigenvalue weighted by Gasteiger charge is 2.51. The maximum atomic E-state index is 15.8. The van der Waals surface area contributed by atoms with E-state index in [-0.39, 0.29) is 29.4 Å². The molecule has 3 aliphatic heterocycles. The van der Waals surface area contributed by atoms with Crippen molar-refractivity contribution >= 4 is 71.1 Å². The summed E-state index contributed by atoms with van der Waals surface area (Å²) in [6, 6.07) is 0. The Morgan fingerprint density at radius 2 is 1.64 bits per heavy atom. The van der Waals surface area contributed by atoms with Crippen LogP contribution in [0.15, 0.2) is 23.8 Å². The Labute approximate surface area is 255 Å². The van der Waals surface area contributed by atoms with Gasteiger partial charge in [0.05, 0.1) is 32.0 Å². The van der Waals surface area contributed by atoms with Gasteiger partial charge < -0.3 is 44.3 Å². The summed E-state index contributed by atoms with van der Waals surface area (Å²) in [6.07, 6.45) is -5.00. The van der Waals surface area contributed by atoms with Crippen LogP contribution >= 0.6 is 13.4 Å². The zero-order chi connectivity index (χ0) is 31.0. The first-order chi connectivity index (χ1) is 20.9. The number of nitrogens with zero attached hydrogens (tertiary/aromatic N) is 7. The minimum atomic E-state index is -4.21. The molecule has 0 radical (unpaired) electrons. The van der Waals surface area contributed by atoms with Crippen LogP contribution in [-0.4, -0.2) is 92.6 Å². The number of nitrogens with one attached hydrogen (secondary N) is 1. The number of hydrogen-bond acceptors (Lipinski definition) is 16. The first kappa shape index (κ1) is 30.1. The minimum absolute atomic E-state index is 0.0465. The number of ether oxygens (including phenoxy) is 2. The predicted molar refractivity (Wildman–Crippen MR) is 154 cm³/mol. The molecular weight excluding hydrogens is 669 g/mol. The third-order valence-corrected chi connectivity index (χ3v) is 10.3. The van der Waals surface area contributed by atoms with E-state index in [2.05, 4.69) is 29.9 Å². The summed E-state index contributed by atoms with van der Waals surface area (Å²) in [4.78, 5) is 57.1. The van der Waals surface area contributed by atoms with Gasteiger partial charge >= 0.3 is 13.4 Å². The van der Waals surface area contributed by atoms with E-state index in [1.165, 1.54) is 23.5 Å². The zero-order valence-electron chi connectivity index (χ0n) is 22.0. The molecule has 0 amide bonds. The third-order valence-electron chi connectivity index (χ3n) is 7.19. The van der Waals surface area contributed by atoms with Crippen molar-refractivity contribution in [3.63, 3.8) is 0 Å². The van der Waals surface area contributed by atoms with Gasteiger partial charge in [-0.25, -0.2) is 24.3 Å². The van der Waals surface area contributed by atoms with E-state index in [4.69, 9.17) is 62.6 Å². The van der Waals surface area contributed by atoms with Crippen molar-refractivity contribution in [3.05, 3.63) is 29.3 Å². The van der Waals surface area contributed by atoms with Crippen LogP contribution in [0.1, 0.15) is 18.9 Å². The van der Waals surface area contributed by atoms with Crippen LogP contribution in [0.4, 0.5) is 16.2 Å². The average molecular weight is 693 g/mol. The van der Waals surface area contributed by atoms with E-state index in [1.54, 1.807) is 4.57 Å². The number of hydrogen-bond donors (Lipinski definition) is 5. The summed E-state index contributed by atoms with van der Waals surface area (Å²) < 4.78 is 53.2. The number of halogens is 1. The van der Waals surface area contributed by atoms with Gasteiger partial charge in [0.15, 0.2) is 35.0 Å². The van der Waals surface area contributed by atoms with Gasteiger partial charge in [-0.05, 0) is 23.6 Å². The Morgan fingerprint density at radius 1 is 0.932 bits per heavy atom. The molecule has 24 heteroatoms. The van der Waals surface area contributed by atoms with Crippen LogP contribution in [0.2, 0.25) is 0 Å². The van der Waals surface area contributed by atoms with Gasteiger partial charge in [-0.2, -0.15) is 4.98 Å². The number of fused-ring (bicyclic) bond motifs is 5. The Morgan fingerprint density at radius 3 is 2.43 bits per heavy atom. The molecule has 7 N–H and O–H groups in total. The largest absolute Gasteiger partial charge is 0.382 e. The van der Waals surface area contributed by atoms with Crippen molar-refractivity contribution in [1.82, 2.24) is 39.0 Å². The normalized spacial score (nSPS) is 36.6. The van der Waals surface area contributed by atoms with Crippen molar-refractivity contribution in [2.45, 2.75) is 49.5 Å². The van der Waals surface area contributed by atoms with Gasteiger partial charge in [-0.1, -0.05) is 0 Å². The fourth-order valence-electron chi connectivity index (χ4n) is 5.23. The number of anilines is 2. The molecule has 3 fully saturated rings. The highest BCUT2D eigenvalue weighted by atomic mass is 32.5. The smallest absolute Gasteiger partial charge is 0.325 e. The summed E-state index contributed by atoms with van der Waals surface area (Å²) in [7, 11) is 0. The molecule has 3 unspecified atom stereocenters. The molecule has 236 valence electrons. The SMILES string of the molecule is Nc1nc2c(ncn2[C@@H]2O[C@@H]3COP(O)(=S)O[C@H]4C[C@H](n5cnc6c(N)ncnc65)OC4COP(O)(=S)O[C@@H]2[C@@H]3F)c(=O)[nH]1. The van der Waals surface area contributed by atoms with Gasteiger partial charge in [0.1, 0.15) is 36.4 Å². The van der Waals surface area contributed by atoms with Gasteiger partial charge in [0, 0.05) is 6.42 Å². The molecular formula is C20H23FN10O9P2S2. The maximum absolute atomic E-state index is 15.8. The quantitative estimate of drug-likeness (QED) is 0.172. The van der Waals surface area contributed by atoms with Crippen molar-refractivity contribution in [3.8, 4) is 0 Å². The second kappa shape index (κ2) is 11.0. The lowest BCUT2D eigenvalue weighted by molar-refractivity contribution is -0.0596. The minimum Gasteiger partial charge on any atom is -0.382 e.